The van der Waals surface area contributed by atoms with Crippen molar-refractivity contribution in [2.24, 2.45) is 5.92 Å². The maximum atomic E-state index is 12.0. The van der Waals surface area contributed by atoms with Crippen molar-refractivity contribution in [2.45, 2.75) is 32.7 Å². The minimum Gasteiger partial charge on any atom is -0.481 e. The predicted molar refractivity (Wildman–Crippen MR) is 77.8 cm³/mol. The molecule has 5 nitrogen and oxygen atoms in total. The van der Waals surface area contributed by atoms with Crippen molar-refractivity contribution in [2.75, 3.05) is 13.1 Å². The minimum absolute atomic E-state index is 0.0515. The molecule has 0 atom stereocenters. The van der Waals surface area contributed by atoms with Gasteiger partial charge < -0.3 is 15.3 Å². The van der Waals surface area contributed by atoms with Crippen LogP contribution in [-0.4, -0.2) is 35.1 Å². The number of nitrogens with one attached hydrogen (secondary N) is 1. The summed E-state index contributed by atoms with van der Waals surface area (Å²) in [5, 5.41) is 15.8. The van der Waals surface area contributed by atoms with Gasteiger partial charge in [0.15, 0.2) is 0 Å². The highest BCUT2D eigenvalue weighted by molar-refractivity contribution is 7.08. The summed E-state index contributed by atoms with van der Waals surface area (Å²) in [6, 6.07) is -0.0515. The highest BCUT2D eigenvalue weighted by Crippen LogP contribution is 2.20. The summed E-state index contributed by atoms with van der Waals surface area (Å²) >= 11 is 1.64. The van der Waals surface area contributed by atoms with Crippen molar-refractivity contribution in [3.8, 4) is 0 Å². The molecule has 0 saturated carbocycles. The number of carboxylic acids is 1. The molecule has 1 fully saturated rings. The highest BCUT2D eigenvalue weighted by atomic mass is 32.1. The quantitative estimate of drug-likeness (QED) is 0.896. The van der Waals surface area contributed by atoms with E-state index in [1.54, 1.807) is 16.2 Å². The van der Waals surface area contributed by atoms with Gasteiger partial charge in [0.2, 0.25) is 0 Å². The number of hydrogen-bond acceptors (Lipinski definition) is 3. The summed E-state index contributed by atoms with van der Waals surface area (Å²) in [7, 11) is 0. The molecule has 1 aliphatic rings. The third-order valence-electron chi connectivity index (χ3n) is 3.76. The molecular weight excluding hydrogens is 276 g/mol. The van der Waals surface area contributed by atoms with Crippen LogP contribution in [0.4, 0.5) is 4.79 Å². The average Bonchev–Trinajstić information content (AvgIpc) is 2.82. The fraction of sp³-hybridized carbons (Fsp3) is 0.571. The normalized spacial score (nSPS) is 16.1. The van der Waals surface area contributed by atoms with E-state index in [9.17, 15) is 9.59 Å². The van der Waals surface area contributed by atoms with Crippen LogP contribution in [0, 0.1) is 12.8 Å². The Hall–Kier alpha value is -1.56. The SMILES string of the molecule is Cc1cscc1CNC(=O)N1CCC(CC(=O)O)CC1. The molecule has 2 amide bonds. The molecule has 0 spiro atoms. The number of rotatable bonds is 4. The summed E-state index contributed by atoms with van der Waals surface area (Å²) in [5.41, 5.74) is 2.36. The second-order valence-electron chi connectivity index (χ2n) is 5.27. The molecule has 1 aromatic rings. The zero-order valence-corrected chi connectivity index (χ0v) is 12.4. The van der Waals surface area contributed by atoms with Gasteiger partial charge in [-0.2, -0.15) is 11.3 Å². The Morgan fingerprint density at radius 1 is 1.40 bits per heavy atom. The van der Waals surface area contributed by atoms with E-state index in [0.717, 1.165) is 18.4 Å². The lowest BCUT2D eigenvalue weighted by molar-refractivity contribution is -0.138. The van der Waals surface area contributed by atoms with E-state index in [4.69, 9.17) is 5.11 Å². The number of aryl methyl sites for hydroxylation is 1. The maximum absolute atomic E-state index is 12.0. The van der Waals surface area contributed by atoms with Crippen LogP contribution in [-0.2, 0) is 11.3 Å². The van der Waals surface area contributed by atoms with E-state index < -0.39 is 5.97 Å². The van der Waals surface area contributed by atoms with Gasteiger partial charge in [-0.15, -0.1) is 0 Å². The number of carbonyl (C=O) groups excluding carboxylic acids is 1. The smallest absolute Gasteiger partial charge is 0.317 e. The average molecular weight is 296 g/mol. The summed E-state index contributed by atoms with van der Waals surface area (Å²) in [5.74, 6) is -0.545. The number of hydrogen-bond donors (Lipinski definition) is 2. The second kappa shape index (κ2) is 6.74. The van der Waals surface area contributed by atoms with Gasteiger partial charge in [0.25, 0.3) is 0 Å². The number of thiophene rings is 1. The molecule has 0 bridgehead atoms. The van der Waals surface area contributed by atoms with Crippen molar-refractivity contribution in [1.29, 1.82) is 0 Å². The number of carbonyl (C=O) groups is 2. The van der Waals surface area contributed by atoms with Crippen LogP contribution in [0.15, 0.2) is 10.8 Å². The van der Waals surface area contributed by atoms with Gasteiger partial charge in [-0.05, 0) is 47.6 Å². The summed E-state index contributed by atoms with van der Waals surface area (Å²) in [4.78, 5) is 24.5. The number of urea groups is 1. The largest absolute Gasteiger partial charge is 0.481 e. The molecule has 0 aliphatic carbocycles. The topological polar surface area (TPSA) is 69.6 Å². The van der Waals surface area contributed by atoms with Gasteiger partial charge in [0.1, 0.15) is 0 Å². The number of aliphatic carboxylic acids is 1. The van der Waals surface area contributed by atoms with E-state index in [1.807, 2.05) is 6.92 Å². The molecule has 1 aromatic heterocycles. The van der Waals surface area contributed by atoms with Crippen LogP contribution in [0.5, 0.6) is 0 Å². The number of carboxylic acid groups (broad SMARTS) is 1. The Morgan fingerprint density at radius 3 is 2.65 bits per heavy atom. The molecule has 20 heavy (non-hydrogen) atoms. The fourth-order valence-corrected chi connectivity index (χ4v) is 3.29. The predicted octanol–water partition coefficient (Wildman–Crippen LogP) is 2.45. The van der Waals surface area contributed by atoms with Crippen molar-refractivity contribution in [1.82, 2.24) is 10.2 Å². The molecule has 2 rings (SSSR count). The molecular formula is C14H20N2O3S. The molecule has 0 radical (unpaired) electrons. The van der Waals surface area contributed by atoms with E-state index >= 15 is 0 Å². The first-order valence-corrected chi connectivity index (χ1v) is 7.76. The van der Waals surface area contributed by atoms with Crippen molar-refractivity contribution < 1.29 is 14.7 Å². The summed E-state index contributed by atoms with van der Waals surface area (Å²) in [6.45, 7) is 3.89. The minimum atomic E-state index is -0.749. The lowest BCUT2D eigenvalue weighted by atomic mass is 9.94. The van der Waals surface area contributed by atoms with Crippen LogP contribution in [0.3, 0.4) is 0 Å². The number of piperidine rings is 1. The number of nitrogens with zero attached hydrogens (tertiary/aromatic N) is 1. The van der Waals surface area contributed by atoms with Crippen LogP contribution in [0.25, 0.3) is 0 Å². The molecule has 110 valence electrons. The first-order chi connectivity index (χ1) is 9.56. The van der Waals surface area contributed by atoms with E-state index in [-0.39, 0.29) is 18.4 Å². The first-order valence-electron chi connectivity index (χ1n) is 6.82. The molecule has 0 unspecified atom stereocenters. The fourth-order valence-electron chi connectivity index (χ4n) is 2.44. The van der Waals surface area contributed by atoms with Crippen LogP contribution in [0.2, 0.25) is 0 Å². The van der Waals surface area contributed by atoms with E-state index in [0.29, 0.717) is 19.6 Å². The van der Waals surface area contributed by atoms with Crippen molar-refractivity contribution >= 4 is 23.3 Å². The third-order valence-corrected chi connectivity index (χ3v) is 4.67. The molecule has 0 aromatic carbocycles. The highest BCUT2D eigenvalue weighted by Gasteiger charge is 2.24. The summed E-state index contributed by atoms with van der Waals surface area (Å²) < 4.78 is 0. The Balaban J connectivity index is 1.74. The zero-order valence-electron chi connectivity index (χ0n) is 11.6. The Kier molecular flexibility index (Phi) is 5.00. The van der Waals surface area contributed by atoms with Gasteiger partial charge in [-0.25, -0.2) is 4.79 Å². The number of likely N-dealkylation sites (tertiary alicyclic amines) is 1. The van der Waals surface area contributed by atoms with Crippen molar-refractivity contribution in [3.63, 3.8) is 0 Å². The Labute approximate surface area is 122 Å². The van der Waals surface area contributed by atoms with Gasteiger partial charge in [0, 0.05) is 26.1 Å². The van der Waals surface area contributed by atoms with Gasteiger partial charge >= 0.3 is 12.0 Å². The van der Waals surface area contributed by atoms with Gasteiger partial charge in [0.05, 0.1) is 0 Å². The number of amides is 2. The maximum Gasteiger partial charge on any atom is 0.317 e. The van der Waals surface area contributed by atoms with E-state index in [2.05, 4.69) is 16.1 Å². The Morgan fingerprint density at radius 2 is 2.10 bits per heavy atom. The first kappa shape index (κ1) is 14.8. The molecule has 6 heteroatoms. The van der Waals surface area contributed by atoms with E-state index in [1.165, 1.54) is 5.56 Å². The molecule has 2 N–H and O–H groups in total. The van der Waals surface area contributed by atoms with Crippen LogP contribution >= 0.6 is 11.3 Å². The second-order valence-corrected chi connectivity index (χ2v) is 6.01. The third kappa shape index (κ3) is 3.96. The van der Waals surface area contributed by atoms with Gasteiger partial charge in [-0.1, -0.05) is 0 Å². The zero-order chi connectivity index (χ0) is 14.5. The Bertz CT molecular complexity index is 479. The molecule has 2 heterocycles. The lowest BCUT2D eigenvalue weighted by Crippen LogP contribution is -2.44. The standard InChI is InChI=1S/C14H20N2O3S/c1-10-8-20-9-12(10)7-15-14(19)16-4-2-11(3-5-16)6-13(17)18/h8-9,11H,2-7H2,1H3,(H,15,19)(H,17,18). The monoisotopic (exact) mass is 296 g/mol. The van der Waals surface area contributed by atoms with Crippen molar-refractivity contribution in [3.05, 3.63) is 21.9 Å². The summed E-state index contributed by atoms with van der Waals surface area (Å²) in [6.07, 6.45) is 1.76. The molecule has 1 aliphatic heterocycles. The lowest BCUT2D eigenvalue weighted by Gasteiger charge is -2.31. The van der Waals surface area contributed by atoms with Gasteiger partial charge in [-0.3, -0.25) is 4.79 Å². The molecule has 1 saturated heterocycles. The van der Waals surface area contributed by atoms with Crippen LogP contribution in [0.1, 0.15) is 30.4 Å². The van der Waals surface area contributed by atoms with Crippen LogP contribution < -0.4 is 5.32 Å².